The molecule has 340 valence electrons. The lowest BCUT2D eigenvalue weighted by molar-refractivity contribution is -0.136. The van der Waals surface area contributed by atoms with Gasteiger partial charge < -0.3 is 29.6 Å². The van der Waals surface area contributed by atoms with E-state index in [2.05, 4.69) is 43.0 Å². The number of carbonyl (C=O) groups is 5. The highest BCUT2D eigenvalue weighted by molar-refractivity contribution is 6.25. The van der Waals surface area contributed by atoms with E-state index in [4.69, 9.17) is 9.15 Å². The second kappa shape index (κ2) is 19.8. The summed E-state index contributed by atoms with van der Waals surface area (Å²) in [6, 6.07) is 7.44. The molecule has 5 heterocycles. The van der Waals surface area contributed by atoms with E-state index in [1.54, 1.807) is 47.4 Å². The summed E-state index contributed by atoms with van der Waals surface area (Å²) >= 11 is 0. The van der Waals surface area contributed by atoms with Crippen molar-refractivity contribution in [2.75, 3.05) is 69.0 Å². The summed E-state index contributed by atoms with van der Waals surface area (Å²) in [4.78, 5) is 77.1. The van der Waals surface area contributed by atoms with Crippen molar-refractivity contribution in [3.8, 4) is 11.5 Å². The first-order valence-corrected chi connectivity index (χ1v) is 22.1. The van der Waals surface area contributed by atoms with Crippen LogP contribution >= 0.6 is 0 Å². The van der Waals surface area contributed by atoms with Gasteiger partial charge in [-0.25, -0.2) is 18.7 Å². The SMILES string of the molecule is CN(CCCOCCCNc1cccc2c1C(=O)N(C1CCC(=O)NC1=O)C2=O)C[C@H]1CC[C@H](n2cc(N(C)C(=O)c3coc(-c4ccnc(NCC5CC5)c4)n3)c(C(F)F)n2)CC1. The van der Waals surface area contributed by atoms with Gasteiger partial charge in [0.05, 0.1) is 22.9 Å². The smallest absolute Gasteiger partial charge is 0.284 e. The van der Waals surface area contributed by atoms with Crippen LogP contribution in [0.5, 0.6) is 0 Å². The Morgan fingerprint density at radius 3 is 2.53 bits per heavy atom. The van der Waals surface area contributed by atoms with Crippen molar-refractivity contribution >= 4 is 46.7 Å². The van der Waals surface area contributed by atoms with E-state index in [9.17, 15) is 32.8 Å². The second-order valence-electron chi connectivity index (χ2n) is 17.2. The first-order chi connectivity index (χ1) is 30.9. The number of imide groups is 2. The Morgan fingerprint density at radius 2 is 1.77 bits per heavy atom. The third-order valence-corrected chi connectivity index (χ3v) is 12.4. The molecule has 3 N–H and O–H groups in total. The Labute approximate surface area is 369 Å². The first-order valence-electron chi connectivity index (χ1n) is 22.1. The van der Waals surface area contributed by atoms with Crippen LogP contribution in [-0.2, 0) is 14.3 Å². The van der Waals surface area contributed by atoms with Crippen LogP contribution in [0.4, 0.5) is 26.0 Å². The van der Waals surface area contributed by atoms with E-state index in [0.717, 1.165) is 61.5 Å². The number of hydrogen-bond donors (Lipinski definition) is 3. The number of oxazole rings is 1. The maximum absolute atomic E-state index is 14.3. The molecule has 64 heavy (non-hydrogen) atoms. The van der Waals surface area contributed by atoms with Gasteiger partial charge in [-0.3, -0.25) is 38.9 Å². The van der Waals surface area contributed by atoms with Crippen LogP contribution in [0.1, 0.15) is 114 Å². The number of nitrogens with one attached hydrogen (secondary N) is 3. The number of anilines is 3. The fourth-order valence-electron chi connectivity index (χ4n) is 8.74. The Hall–Kier alpha value is -6.08. The van der Waals surface area contributed by atoms with Crippen LogP contribution in [0.15, 0.2) is 53.4 Å². The van der Waals surface area contributed by atoms with Crippen LogP contribution in [0.25, 0.3) is 11.5 Å². The molecule has 8 rings (SSSR count). The highest BCUT2D eigenvalue weighted by Gasteiger charge is 2.45. The Balaban J connectivity index is 0.738. The molecule has 2 aliphatic heterocycles. The number of amides is 5. The van der Waals surface area contributed by atoms with Crippen LogP contribution in [0, 0.1) is 11.8 Å². The number of carbonyl (C=O) groups excluding carboxylic acids is 5. The molecular weight excluding hydrogens is 831 g/mol. The number of pyridine rings is 1. The van der Waals surface area contributed by atoms with Crippen molar-refractivity contribution in [1.29, 1.82) is 0 Å². The van der Waals surface area contributed by atoms with E-state index in [1.807, 2.05) is 0 Å². The Kier molecular flexibility index (Phi) is 13.7. The average molecular weight is 885 g/mol. The number of nitrogens with zero attached hydrogens (tertiary/aromatic N) is 7. The molecule has 2 aliphatic carbocycles. The number of rotatable bonds is 20. The zero-order chi connectivity index (χ0) is 44.9. The van der Waals surface area contributed by atoms with Crippen molar-refractivity contribution in [2.24, 2.45) is 11.8 Å². The molecule has 1 atom stereocenters. The van der Waals surface area contributed by atoms with Crippen molar-refractivity contribution in [3.05, 3.63) is 71.5 Å². The molecule has 1 aromatic carbocycles. The molecule has 1 unspecified atom stereocenters. The Bertz CT molecular complexity index is 2360. The van der Waals surface area contributed by atoms with Crippen LogP contribution in [0.2, 0.25) is 0 Å². The highest BCUT2D eigenvalue weighted by Crippen LogP contribution is 2.37. The minimum Gasteiger partial charge on any atom is -0.444 e. The number of benzene rings is 1. The van der Waals surface area contributed by atoms with Gasteiger partial charge in [-0.05, 0) is 101 Å². The number of fused-ring (bicyclic) bond motifs is 1. The van der Waals surface area contributed by atoms with Gasteiger partial charge in [0, 0.05) is 76.5 Å². The number of ether oxygens (including phenoxy) is 1. The molecule has 5 amide bonds. The van der Waals surface area contributed by atoms with Gasteiger partial charge in [0.15, 0.2) is 11.4 Å². The number of alkyl halides is 2. The van der Waals surface area contributed by atoms with Crippen molar-refractivity contribution in [1.82, 2.24) is 34.9 Å². The summed E-state index contributed by atoms with van der Waals surface area (Å²) in [5.74, 6) is -0.709. The summed E-state index contributed by atoms with van der Waals surface area (Å²) in [6.45, 7) is 4.19. The zero-order valence-electron chi connectivity index (χ0n) is 36.1. The third kappa shape index (κ3) is 10.1. The fraction of sp³-hybridized carbons (Fsp3) is 0.511. The zero-order valence-corrected chi connectivity index (χ0v) is 36.1. The number of hydrogen-bond acceptors (Lipinski definition) is 13. The molecule has 4 aromatic rings. The predicted octanol–water partition coefficient (Wildman–Crippen LogP) is 5.94. The molecule has 1 saturated heterocycles. The summed E-state index contributed by atoms with van der Waals surface area (Å²) < 4.78 is 41.7. The van der Waals surface area contributed by atoms with Gasteiger partial charge in [0.1, 0.15) is 18.1 Å². The maximum atomic E-state index is 14.3. The standard InChI is InChI=1S/C45H54F2N10O7/c1-54(19-5-21-63-20-4-17-48-32-7-3-6-31-38(32)45(62)57(43(31)60)34-14-15-37(58)52-41(34)59)24-28-10-12-30(13-11-28)56-25-35(39(53-56)40(46)47)55(2)44(61)33-26-64-42(51-33)29-16-18-49-36(22-29)50-23-27-8-9-27/h3,6-7,16,18,22,25-28,30,34,40,48H,4-5,8-15,17,19-21,23-24H2,1-2H3,(H,49,50)(H,52,58,59)/t28-,30-,34?. The number of piperidine rings is 1. The lowest BCUT2D eigenvalue weighted by Crippen LogP contribution is -2.54. The minimum absolute atomic E-state index is 0.00576. The van der Waals surface area contributed by atoms with E-state index in [-0.39, 0.29) is 47.3 Å². The molecule has 0 bridgehead atoms. The second-order valence-corrected chi connectivity index (χ2v) is 17.2. The van der Waals surface area contributed by atoms with Crippen LogP contribution in [-0.4, -0.2) is 119 Å². The third-order valence-electron chi connectivity index (χ3n) is 12.4. The predicted molar refractivity (Wildman–Crippen MR) is 231 cm³/mol. The monoisotopic (exact) mass is 884 g/mol. The summed E-state index contributed by atoms with van der Waals surface area (Å²) in [5.41, 5.74) is 1.20. The van der Waals surface area contributed by atoms with Crippen molar-refractivity contribution < 1.29 is 41.9 Å². The van der Waals surface area contributed by atoms with E-state index >= 15 is 0 Å². The average Bonchev–Trinajstić information content (AvgIpc) is 3.67. The molecule has 3 aromatic heterocycles. The van der Waals surface area contributed by atoms with E-state index < -0.39 is 47.7 Å². The molecular formula is C45H54F2N10O7. The summed E-state index contributed by atoms with van der Waals surface area (Å²) in [7, 11) is 3.53. The summed E-state index contributed by atoms with van der Waals surface area (Å²) in [6.07, 6.45) is 9.02. The van der Waals surface area contributed by atoms with Gasteiger partial charge in [-0.1, -0.05) is 6.07 Å². The van der Waals surface area contributed by atoms with Gasteiger partial charge in [0.2, 0.25) is 17.7 Å². The van der Waals surface area contributed by atoms with E-state index in [0.29, 0.717) is 55.1 Å². The number of halogens is 2. The largest absolute Gasteiger partial charge is 0.444 e. The van der Waals surface area contributed by atoms with Crippen LogP contribution in [0.3, 0.4) is 0 Å². The van der Waals surface area contributed by atoms with Gasteiger partial charge in [-0.15, -0.1) is 0 Å². The molecule has 17 nitrogen and oxygen atoms in total. The fourth-order valence-corrected chi connectivity index (χ4v) is 8.74. The highest BCUT2D eigenvalue weighted by atomic mass is 19.3. The van der Waals surface area contributed by atoms with Gasteiger partial charge >= 0.3 is 0 Å². The normalized spacial score (nSPS) is 20.0. The molecule has 0 radical (unpaired) electrons. The lowest BCUT2D eigenvalue weighted by Gasteiger charge is -2.31. The molecule has 3 fully saturated rings. The Morgan fingerprint density at radius 1 is 0.984 bits per heavy atom. The topological polar surface area (TPSA) is 197 Å². The molecule has 19 heteroatoms. The van der Waals surface area contributed by atoms with Gasteiger partial charge in [-0.2, -0.15) is 5.10 Å². The maximum Gasteiger partial charge on any atom is 0.284 e. The van der Waals surface area contributed by atoms with Gasteiger partial charge in [0.25, 0.3) is 24.1 Å². The quantitative estimate of drug-likeness (QED) is 0.0697. The molecule has 2 saturated carbocycles. The number of aromatic nitrogens is 4. The van der Waals surface area contributed by atoms with Crippen LogP contribution < -0.4 is 20.9 Å². The minimum atomic E-state index is -2.87. The first kappa shape index (κ1) is 44.5. The summed E-state index contributed by atoms with van der Waals surface area (Å²) in [5, 5.41) is 13.0. The molecule has 0 spiro atoms. The van der Waals surface area contributed by atoms with E-state index in [1.165, 1.54) is 26.2 Å². The lowest BCUT2D eigenvalue weighted by atomic mass is 9.86. The molecule has 4 aliphatic rings. The van der Waals surface area contributed by atoms with Crippen molar-refractivity contribution in [3.63, 3.8) is 0 Å². The van der Waals surface area contributed by atoms with Crippen molar-refractivity contribution in [2.45, 2.75) is 82.7 Å².